The fourth-order valence-electron chi connectivity index (χ4n) is 3.52. The van der Waals surface area contributed by atoms with E-state index in [2.05, 4.69) is 0 Å². The molecule has 5 heteroatoms. The first kappa shape index (κ1) is 18.1. The average molecular weight is 354 g/mol. The summed E-state index contributed by atoms with van der Waals surface area (Å²) in [7, 11) is 2.54. The summed E-state index contributed by atoms with van der Waals surface area (Å²) in [6.45, 7) is 2.00. The Morgan fingerprint density at radius 3 is 2.04 bits per heavy atom. The molecule has 1 heterocycles. The van der Waals surface area contributed by atoms with Gasteiger partial charge in [0.05, 0.1) is 20.3 Å². The normalized spacial score (nSPS) is 21.2. The average Bonchev–Trinajstić information content (AvgIpc) is 3.09. The number of carbonyl (C=O) groups excluding carboxylic acids is 2. The van der Waals surface area contributed by atoms with E-state index in [1.807, 2.05) is 61.5 Å². The molecule has 5 nitrogen and oxygen atoms in total. The molecule has 1 aliphatic rings. The molecule has 0 aromatic heterocycles. The van der Waals surface area contributed by atoms with E-state index in [-0.39, 0.29) is 6.42 Å². The van der Waals surface area contributed by atoms with Crippen LogP contribution in [0.2, 0.25) is 0 Å². The molecule has 3 rings (SSSR count). The zero-order valence-electron chi connectivity index (χ0n) is 15.1. The number of ether oxygens (including phenoxy) is 3. The number of hydrogen-bond acceptors (Lipinski definition) is 5. The number of esters is 2. The van der Waals surface area contributed by atoms with Crippen LogP contribution in [0.25, 0.3) is 0 Å². The molecule has 1 aliphatic heterocycles. The zero-order valence-corrected chi connectivity index (χ0v) is 15.1. The van der Waals surface area contributed by atoms with Crippen molar-refractivity contribution in [1.82, 2.24) is 0 Å². The van der Waals surface area contributed by atoms with Crippen molar-refractivity contribution in [3.05, 3.63) is 71.3 Å². The van der Waals surface area contributed by atoms with Gasteiger partial charge < -0.3 is 14.2 Å². The molecular weight excluding hydrogens is 332 g/mol. The maximum atomic E-state index is 12.7. The number of rotatable bonds is 4. The van der Waals surface area contributed by atoms with Crippen molar-refractivity contribution in [1.29, 1.82) is 0 Å². The predicted molar refractivity (Wildman–Crippen MR) is 95.3 cm³/mol. The standard InChI is InChI=1S/C21H22O5/c1-14-9-11-15(12-10-14)17-13-21(19(22)24-2,20(23)25-3)18(26-17)16-7-5-4-6-8-16/h4-12,17-18H,13H2,1-3H3/t17-,18-/m1/s1. The molecule has 0 unspecified atom stereocenters. The molecule has 0 saturated carbocycles. The maximum absolute atomic E-state index is 12.7. The summed E-state index contributed by atoms with van der Waals surface area (Å²) in [6.07, 6.45) is -1.04. The molecule has 0 aliphatic carbocycles. The number of methoxy groups -OCH3 is 2. The Morgan fingerprint density at radius 2 is 1.50 bits per heavy atom. The second kappa shape index (κ2) is 7.30. The Hall–Kier alpha value is -2.66. The molecule has 0 bridgehead atoms. The van der Waals surface area contributed by atoms with E-state index in [0.717, 1.165) is 16.7 Å². The van der Waals surface area contributed by atoms with Gasteiger partial charge in [0, 0.05) is 6.42 Å². The smallest absolute Gasteiger partial charge is 0.326 e. The topological polar surface area (TPSA) is 61.8 Å². The van der Waals surface area contributed by atoms with Crippen molar-refractivity contribution < 1.29 is 23.8 Å². The second-order valence-corrected chi connectivity index (χ2v) is 6.48. The SMILES string of the molecule is COC(=O)C1(C(=O)OC)C[C@H](c2ccc(C)cc2)O[C@@H]1c1ccccc1. The Kier molecular flexibility index (Phi) is 5.09. The highest BCUT2D eigenvalue weighted by Crippen LogP contribution is 2.54. The van der Waals surface area contributed by atoms with Gasteiger partial charge in [-0.3, -0.25) is 9.59 Å². The predicted octanol–water partition coefficient (Wildman–Crippen LogP) is 3.53. The summed E-state index contributed by atoms with van der Waals surface area (Å²) in [5, 5.41) is 0. The molecule has 0 radical (unpaired) electrons. The minimum absolute atomic E-state index is 0.162. The van der Waals surface area contributed by atoms with E-state index >= 15 is 0 Å². The Labute approximate surface area is 152 Å². The molecule has 2 aromatic carbocycles. The number of benzene rings is 2. The van der Waals surface area contributed by atoms with Crippen LogP contribution in [-0.4, -0.2) is 26.2 Å². The van der Waals surface area contributed by atoms with Gasteiger partial charge in [0.2, 0.25) is 0 Å². The molecule has 0 spiro atoms. The summed E-state index contributed by atoms with van der Waals surface area (Å²) in [5.74, 6) is -1.29. The van der Waals surface area contributed by atoms with Crippen LogP contribution in [0, 0.1) is 12.3 Å². The molecule has 2 atom stereocenters. The Morgan fingerprint density at radius 1 is 0.923 bits per heavy atom. The van der Waals surface area contributed by atoms with Crippen LogP contribution in [0.1, 0.15) is 35.3 Å². The summed E-state index contributed by atoms with van der Waals surface area (Å²) < 4.78 is 16.2. The maximum Gasteiger partial charge on any atom is 0.326 e. The van der Waals surface area contributed by atoms with Crippen molar-refractivity contribution in [2.45, 2.75) is 25.6 Å². The highest BCUT2D eigenvalue weighted by Gasteiger charge is 2.62. The molecule has 1 fully saturated rings. The second-order valence-electron chi connectivity index (χ2n) is 6.48. The molecule has 2 aromatic rings. The minimum Gasteiger partial charge on any atom is -0.468 e. The first-order chi connectivity index (χ1) is 12.5. The van der Waals surface area contributed by atoms with Gasteiger partial charge in [0.25, 0.3) is 0 Å². The van der Waals surface area contributed by atoms with Gasteiger partial charge >= 0.3 is 11.9 Å². The lowest BCUT2D eigenvalue weighted by Gasteiger charge is -2.28. The van der Waals surface area contributed by atoms with Gasteiger partial charge in [0.15, 0.2) is 5.41 Å². The van der Waals surface area contributed by atoms with Gasteiger partial charge in [-0.15, -0.1) is 0 Å². The van der Waals surface area contributed by atoms with Gasteiger partial charge in [-0.25, -0.2) is 0 Å². The minimum atomic E-state index is -1.54. The van der Waals surface area contributed by atoms with Crippen molar-refractivity contribution in [2.24, 2.45) is 5.41 Å². The third-order valence-corrected chi connectivity index (χ3v) is 4.91. The van der Waals surface area contributed by atoms with Gasteiger partial charge in [0.1, 0.15) is 6.10 Å². The summed E-state index contributed by atoms with van der Waals surface area (Å²) in [5.41, 5.74) is 1.23. The summed E-state index contributed by atoms with van der Waals surface area (Å²) >= 11 is 0. The molecular formula is C21H22O5. The van der Waals surface area contributed by atoms with Gasteiger partial charge in [-0.1, -0.05) is 60.2 Å². The Balaban J connectivity index is 2.09. The van der Waals surface area contributed by atoms with Crippen LogP contribution >= 0.6 is 0 Å². The van der Waals surface area contributed by atoms with Crippen LogP contribution in [0.15, 0.2) is 54.6 Å². The van der Waals surface area contributed by atoms with Crippen molar-refractivity contribution in [2.75, 3.05) is 14.2 Å². The van der Waals surface area contributed by atoms with Gasteiger partial charge in [-0.05, 0) is 18.1 Å². The monoisotopic (exact) mass is 354 g/mol. The molecule has 0 N–H and O–H groups in total. The van der Waals surface area contributed by atoms with Crippen LogP contribution in [-0.2, 0) is 23.8 Å². The van der Waals surface area contributed by atoms with Crippen LogP contribution < -0.4 is 0 Å². The van der Waals surface area contributed by atoms with Gasteiger partial charge in [-0.2, -0.15) is 0 Å². The van der Waals surface area contributed by atoms with Crippen molar-refractivity contribution in [3.8, 4) is 0 Å². The zero-order chi connectivity index (χ0) is 18.7. The largest absolute Gasteiger partial charge is 0.468 e. The lowest BCUT2D eigenvalue weighted by atomic mass is 9.76. The third-order valence-electron chi connectivity index (χ3n) is 4.91. The van der Waals surface area contributed by atoms with Crippen LogP contribution in [0.4, 0.5) is 0 Å². The van der Waals surface area contributed by atoms with Crippen molar-refractivity contribution in [3.63, 3.8) is 0 Å². The quantitative estimate of drug-likeness (QED) is 0.621. The van der Waals surface area contributed by atoms with E-state index in [1.165, 1.54) is 14.2 Å². The Bertz CT molecular complexity index is 766. The van der Waals surface area contributed by atoms with Crippen molar-refractivity contribution >= 4 is 11.9 Å². The molecule has 26 heavy (non-hydrogen) atoms. The number of aryl methyl sites for hydroxylation is 1. The third kappa shape index (κ3) is 2.99. The number of hydrogen-bond donors (Lipinski definition) is 0. The fourth-order valence-corrected chi connectivity index (χ4v) is 3.52. The summed E-state index contributed by atoms with van der Waals surface area (Å²) in [6, 6.07) is 17.1. The van der Waals surface area contributed by atoms with E-state index in [9.17, 15) is 9.59 Å². The molecule has 1 saturated heterocycles. The first-order valence-corrected chi connectivity index (χ1v) is 8.46. The van der Waals surface area contributed by atoms with E-state index < -0.39 is 29.6 Å². The van der Waals surface area contributed by atoms with Crippen LogP contribution in [0.5, 0.6) is 0 Å². The lowest BCUT2D eigenvalue weighted by molar-refractivity contribution is -0.173. The molecule has 0 amide bonds. The highest BCUT2D eigenvalue weighted by atomic mass is 16.6. The fraction of sp³-hybridized carbons (Fsp3) is 0.333. The lowest BCUT2D eigenvalue weighted by Crippen LogP contribution is -2.43. The molecule has 136 valence electrons. The first-order valence-electron chi connectivity index (χ1n) is 8.46. The van der Waals surface area contributed by atoms with Crippen LogP contribution in [0.3, 0.4) is 0 Å². The highest BCUT2D eigenvalue weighted by molar-refractivity contribution is 6.01. The van der Waals surface area contributed by atoms with E-state index in [0.29, 0.717) is 0 Å². The summed E-state index contributed by atoms with van der Waals surface area (Å²) in [4.78, 5) is 25.5. The van der Waals surface area contributed by atoms with E-state index in [4.69, 9.17) is 14.2 Å². The number of carbonyl (C=O) groups is 2. The van der Waals surface area contributed by atoms with E-state index in [1.54, 1.807) is 0 Å².